The number of anilines is 1. The van der Waals surface area contributed by atoms with Gasteiger partial charge in [-0.15, -0.1) is 0 Å². The van der Waals surface area contributed by atoms with Gasteiger partial charge in [-0.1, -0.05) is 29.8 Å². The minimum Gasteiger partial charge on any atom is -0.494 e. The molecule has 0 aromatic carbocycles. The lowest BCUT2D eigenvalue weighted by molar-refractivity contribution is -0.134. The van der Waals surface area contributed by atoms with Gasteiger partial charge in [0.05, 0.1) is 13.2 Å². The molecule has 0 spiro atoms. The summed E-state index contributed by atoms with van der Waals surface area (Å²) in [6.45, 7) is 6.62. The Hall–Kier alpha value is -3.03. The number of carbonyl (C=O) groups is 1. The zero-order valence-electron chi connectivity index (χ0n) is 22.6. The normalized spacial score (nSPS) is 26.2. The van der Waals surface area contributed by atoms with Crippen LogP contribution in [0.15, 0.2) is 53.2 Å². The van der Waals surface area contributed by atoms with Crippen molar-refractivity contribution in [3.05, 3.63) is 58.5 Å². The Bertz CT molecular complexity index is 1060. The first kappa shape index (κ1) is 26.6. The van der Waals surface area contributed by atoms with Crippen molar-refractivity contribution in [2.24, 2.45) is 28.8 Å². The van der Waals surface area contributed by atoms with E-state index in [4.69, 9.17) is 4.74 Å². The molecular weight excluding hydrogens is 478 g/mol. The molecule has 3 heterocycles. The van der Waals surface area contributed by atoms with E-state index >= 15 is 0 Å². The first-order chi connectivity index (χ1) is 18.6. The first-order valence-electron chi connectivity index (χ1n) is 14.5. The maximum atomic E-state index is 12.9. The zero-order chi connectivity index (χ0) is 26.3. The molecule has 5 rings (SSSR count). The second kappa shape index (κ2) is 12.7. The number of rotatable bonds is 9. The Morgan fingerprint density at radius 2 is 1.84 bits per heavy atom. The molecule has 2 aliphatic carbocycles. The van der Waals surface area contributed by atoms with Gasteiger partial charge in [0, 0.05) is 56.3 Å². The van der Waals surface area contributed by atoms with Gasteiger partial charge in [0.15, 0.2) is 0 Å². The molecule has 1 aromatic rings. The molecule has 0 bridgehead atoms. The number of likely N-dealkylation sites (tertiary alicyclic amines) is 1. The Morgan fingerprint density at radius 3 is 2.50 bits per heavy atom. The van der Waals surface area contributed by atoms with E-state index < -0.39 is 0 Å². The summed E-state index contributed by atoms with van der Waals surface area (Å²) in [6.07, 6.45) is 20.6. The highest BCUT2D eigenvalue weighted by molar-refractivity contribution is 5.79. The Labute approximate surface area is 226 Å². The van der Waals surface area contributed by atoms with Gasteiger partial charge in [0.25, 0.3) is 0 Å². The summed E-state index contributed by atoms with van der Waals surface area (Å²) >= 11 is 0. The lowest BCUT2D eigenvalue weighted by atomic mass is 9.81. The number of nitrogens with zero attached hydrogens (tertiary/aromatic N) is 5. The van der Waals surface area contributed by atoms with Crippen LogP contribution < -0.4 is 4.90 Å². The maximum Gasteiger partial charge on any atom is 0.226 e. The number of ether oxygens (including phenoxy) is 1. The first-order valence-corrected chi connectivity index (χ1v) is 14.5. The highest BCUT2D eigenvalue weighted by Crippen LogP contribution is 2.34. The second-order valence-electron chi connectivity index (χ2n) is 11.3. The van der Waals surface area contributed by atoms with E-state index in [2.05, 4.69) is 51.3 Å². The highest BCUT2D eigenvalue weighted by Gasteiger charge is 2.32. The zero-order valence-corrected chi connectivity index (χ0v) is 22.6. The van der Waals surface area contributed by atoms with Crippen molar-refractivity contribution in [3.63, 3.8) is 0 Å². The molecule has 3 atom stereocenters. The lowest BCUT2D eigenvalue weighted by Crippen LogP contribution is -2.36. The van der Waals surface area contributed by atoms with Gasteiger partial charge >= 0.3 is 0 Å². The van der Waals surface area contributed by atoms with Crippen LogP contribution in [0.1, 0.15) is 57.4 Å². The third-order valence-electron chi connectivity index (χ3n) is 8.75. The van der Waals surface area contributed by atoms with Gasteiger partial charge in [-0.3, -0.25) is 4.79 Å². The number of nitroso groups, excluding NO2 is 1. The van der Waals surface area contributed by atoms with Crippen LogP contribution in [0.4, 0.5) is 5.95 Å². The number of amides is 1. The minimum absolute atomic E-state index is 0.0809. The summed E-state index contributed by atoms with van der Waals surface area (Å²) in [6, 6.07) is 0. The molecule has 1 aromatic heterocycles. The molecule has 2 fully saturated rings. The van der Waals surface area contributed by atoms with Crippen molar-refractivity contribution < 1.29 is 9.53 Å². The van der Waals surface area contributed by atoms with E-state index in [9.17, 15) is 9.70 Å². The van der Waals surface area contributed by atoms with Crippen LogP contribution >= 0.6 is 0 Å². The summed E-state index contributed by atoms with van der Waals surface area (Å²) in [5.41, 5.74) is 2.63. The van der Waals surface area contributed by atoms with E-state index in [0.29, 0.717) is 24.9 Å². The quantitative estimate of drug-likeness (QED) is 0.334. The molecule has 204 valence electrons. The molecule has 0 radical (unpaired) electrons. The number of allylic oxidation sites excluding steroid dienone is 5. The van der Waals surface area contributed by atoms with Gasteiger partial charge in [0.2, 0.25) is 11.9 Å². The summed E-state index contributed by atoms with van der Waals surface area (Å²) in [7, 11) is 0. The van der Waals surface area contributed by atoms with Gasteiger partial charge in [-0.2, -0.15) is 4.91 Å². The Morgan fingerprint density at radius 1 is 1.05 bits per heavy atom. The monoisotopic (exact) mass is 519 g/mol. The van der Waals surface area contributed by atoms with Gasteiger partial charge in [0.1, 0.15) is 5.76 Å². The molecule has 0 N–H and O–H groups in total. The van der Waals surface area contributed by atoms with Crippen LogP contribution in [0.5, 0.6) is 0 Å². The van der Waals surface area contributed by atoms with E-state index in [0.717, 1.165) is 89.3 Å². The topological polar surface area (TPSA) is 88.0 Å². The molecule has 1 amide bonds. The number of hydrogen-bond donors (Lipinski definition) is 0. The standard InChI is InChI=1S/C30H41N5O3/c1-2-22-17-31-30(32-18-22)34-14-11-23(12-15-34)21-38-28-9-7-26(8-10-28)25-3-5-27(6-4-25)29(36)35-16-13-24(20-35)19-33-37/h3,7,9-10,17-18,23-24,26-27H,2,4-6,8,11-16,19-21H2,1H3/t24-,26+,27?/m0/s1. The SMILES string of the molecule is CCc1cnc(N2CCC(COC3=CC[C@H](C4=CCC(C(=O)N5CC[C@@H](CN=O)C5)CC4)C=C3)CC2)nc1. The molecule has 2 aliphatic heterocycles. The third kappa shape index (κ3) is 6.51. The fraction of sp³-hybridized carbons (Fsp3) is 0.633. The van der Waals surface area contributed by atoms with Gasteiger partial charge in [-0.25, -0.2) is 9.97 Å². The minimum atomic E-state index is 0.0809. The van der Waals surface area contributed by atoms with E-state index in [1.807, 2.05) is 17.3 Å². The predicted molar refractivity (Wildman–Crippen MR) is 148 cm³/mol. The molecule has 8 heteroatoms. The van der Waals surface area contributed by atoms with Crippen LogP contribution in [0, 0.1) is 28.6 Å². The maximum absolute atomic E-state index is 12.9. The molecule has 1 unspecified atom stereocenters. The fourth-order valence-corrected chi connectivity index (χ4v) is 6.15. The van der Waals surface area contributed by atoms with Crippen LogP contribution in [-0.4, -0.2) is 60.1 Å². The number of carbonyl (C=O) groups excluding carboxylic acids is 1. The predicted octanol–water partition coefficient (Wildman–Crippen LogP) is 5.07. The van der Waals surface area contributed by atoms with Crippen molar-refractivity contribution in [1.29, 1.82) is 0 Å². The average Bonchev–Trinajstić information content (AvgIpc) is 3.45. The van der Waals surface area contributed by atoms with Crippen LogP contribution in [0.2, 0.25) is 0 Å². The molecule has 4 aliphatic rings. The van der Waals surface area contributed by atoms with Crippen LogP contribution in [-0.2, 0) is 16.0 Å². The van der Waals surface area contributed by atoms with Crippen molar-refractivity contribution in [2.75, 3.05) is 44.2 Å². The fourth-order valence-electron chi connectivity index (χ4n) is 6.15. The van der Waals surface area contributed by atoms with Crippen molar-refractivity contribution in [1.82, 2.24) is 14.9 Å². The summed E-state index contributed by atoms with van der Waals surface area (Å²) in [5.74, 6) is 3.39. The number of aryl methyl sites for hydroxylation is 1. The molecule has 38 heavy (non-hydrogen) atoms. The second-order valence-corrected chi connectivity index (χ2v) is 11.3. The summed E-state index contributed by atoms with van der Waals surface area (Å²) in [5, 5.41) is 3.02. The largest absolute Gasteiger partial charge is 0.494 e. The van der Waals surface area contributed by atoms with Crippen molar-refractivity contribution >= 4 is 11.9 Å². The molecule has 0 saturated carbocycles. The van der Waals surface area contributed by atoms with Crippen LogP contribution in [0.25, 0.3) is 0 Å². The summed E-state index contributed by atoms with van der Waals surface area (Å²) in [4.78, 5) is 36.8. The Balaban J connectivity index is 1.02. The van der Waals surface area contributed by atoms with Gasteiger partial charge in [-0.05, 0) is 75.0 Å². The van der Waals surface area contributed by atoms with E-state index in [1.165, 1.54) is 11.1 Å². The van der Waals surface area contributed by atoms with Gasteiger partial charge < -0.3 is 14.5 Å². The summed E-state index contributed by atoms with van der Waals surface area (Å²) < 4.78 is 6.19. The van der Waals surface area contributed by atoms with Crippen LogP contribution in [0.3, 0.4) is 0 Å². The number of piperidine rings is 1. The lowest BCUT2D eigenvalue weighted by Gasteiger charge is -2.32. The Kier molecular flexibility index (Phi) is 8.86. The average molecular weight is 520 g/mol. The molecule has 2 saturated heterocycles. The smallest absolute Gasteiger partial charge is 0.226 e. The van der Waals surface area contributed by atoms with E-state index in [-0.39, 0.29) is 17.7 Å². The highest BCUT2D eigenvalue weighted by atomic mass is 16.5. The third-order valence-corrected chi connectivity index (χ3v) is 8.75. The van der Waals surface area contributed by atoms with E-state index in [1.54, 1.807) is 0 Å². The van der Waals surface area contributed by atoms with Crippen molar-refractivity contribution in [2.45, 2.75) is 58.3 Å². The molecular formula is C30H41N5O3. The number of hydrogen-bond acceptors (Lipinski definition) is 7. The van der Waals surface area contributed by atoms with Crippen molar-refractivity contribution in [3.8, 4) is 0 Å². The molecule has 8 nitrogen and oxygen atoms in total. The number of aromatic nitrogens is 2.